The van der Waals surface area contributed by atoms with E-state index in [2.05, 4.69) is 15.6 Å². The Morgan fingerprint density at radius 2 is 2.00 bits per heavy atom. The number of nitrogens with one attached hydrogen (secondary N) is 2. The number of nitrogens with two attached hydrogens (primary N) is 1. The zero-order valence-corrected chi connectivity index (χ0v) is 18.1. The minimum absolute atomic E-state index is 0.0207. The van der Waals surface area contributed by atoms with Crippen molar-refractivity contribution in [2.75, 3.05) is 11.1 Å². The lowest BCUT2D eigenvalue weighted by molar-refractivity contribution is 0.0951. The Morgan fingerprint density at radius 1 is 1.15 bits per heavy atom. The Hall–Kier alpha value is -4.04. The maximum absolute atomic E-state index is 13.4. The molecule has 0 fully saturated rings. The quantitative estimate of drug-likeness (QED) is 0.270. The molecule has 4 aromatic rings. The molecule has 168 valence electrons. The van der Waals surface area contributed by atoms with Crippen molar-refractivity contribution in [2.24, 2.45) is 0 Å². The molecule has 0 aliphatic rings. The summed E-state index contributed by atoms with van der Waals surface area (Å²) in [6.45, 7) is -0.396. The van der Waals surface area contributed by atoms with Gasteiger partial charge in [0, 0.05) is 39.6 Å². The van der Waals surface area contributed by atoms with Crippen LogP contribution in [0.5, 0.6) is 5.75 Å². The van der Waals surface area contributed by atoms with E-state index in [0.29, 0.717) is 33.2 Å². The molecule has 0 bridgehead atoms. The number of halogens is 2. The van der Waals surface area contributed by atoms with E-state index >= 15 is 0 Å². The van der Waals surface area contributed by atoms with Crippen LogP contribution >= 0.6 is 11.6 Å². The van der Waals surface area contributed by atoms with Crippen LogP contribution < -0.4 is 16.4 Å². The largest absolute Gasteiger partial charge is 0.507 e. The van der Waals surface area contributed by atoms with Gasteiger partial charge in [0.05, 0.1) is 23.8 Å². The van der Waals surface area contributed by atoms with Crippen LogP contribution in [-0.4, -0.2) is 16.0 Å². The van der Waals surface area contributed by atoms with Crippen LogP contribution in [0.4, 0.5) is 21.6 Å². The van der Waals surface area contributed by atoms with Crippen molar-refractivity contribution >= 4 is 34.7 Å². The van der Waals surface area contributed by atoms with Crippen molar-refractivity contribution in [3.63, 3.8) is 0 Å². The maximum atomic E-state index is 13.4. The lowest BCUT2D eigenvalue weighted by atomic mass is 10.1. The zero-order chi connectivity index (χ0) is 23.4. The van der Waals surface area contributed by atoms with Crippen LogP contribution in [-0.2, 0) is 13.2 Å². The number of alkyl halides is 1. The molecule has 9 heteroatoms. The monoisotopic (exact) mass is 466 g/mol. The predicted octanol–water partition coefficient (Wildman–Crippen LogP) is 5.43. The highest BCUT2D eigenvalue weighted by Gasteiger charge is 2.15. The SMILES string of the molecule is Nc1nc(-c2cc(Nc3ccc(Cl)cc3CF)ccc2O)ccc1C(=O)NCc1ccoc1. The number of carbonyl (C=O) groups excluding carboxylic acids is 1. The third-order valence-corrected chi connectivity index (χ3v) is 5.20. The van der Waals surface area contributed by atoms with E-state index in [1.807, 2.05) is 0 Å². The van der Waals surface area contributed by atoms with E-state index in [9.17, 15) is 14.3 Å². The fraction of sp³-hybridized carbons (Fsp3) is 0.0833. The lowest BCUT2D eigenvalue weighted by Gasteiger charge is -2.13. The van der Waals surface area contributed by atoms with Crippen LogP contribution in [0.1, 0.15) is 21.5 Å². The number of carbonyl (C=O) groups is 1. The fourth-order valence-corrected chi connectivity index (χ4v) is 3.45. The molecular formula is C24H20ClFN4O3. The van der Waals surface area contributed by atoms with Gasteiger partial charge >= 0.3 is 0 Å². The number of nitrogens with zero attached hydrogens (tertiary/aromatic N) is 1. The molecule has 0 aliphatic carbocycles. The van der Waals surface area contributed by atoms with Crippen LogP contribution in [0.3, 0.4) is 0 Å². The summed E-state index contributed by atoms with van der Waals surface area (Å²) in [6, 6.07) is 14.6. The number of rotatable bonds is 7. The smallest absolute Gasteiger partial charge is 0.255 e. The Morgan fingerprint density at radius 3 is 2.73 bits per heavy atom. The molecule has 4 rings (SSSR count). The molecule has 0 saturated carbocycles. The maximum Gasteiger partial charge on any atom is 0.255 e. The number of benzene rings is 2. The van der Waals surface area contributed by atoms with Gasteiger partial charge in [0.2, 0.25) is 0 Å². The third-order valence-electron chi connectivity index (χ3n) is 4.97. The lowest BCUT2D eigenvalue weighted by Crippen LogP contribution is -2.24. The number of amides is 1. The van der Waals surface area contributed by atoms with Crippen molar-refractivity contribution in [3.8, 4) is 17.0 Å². The van der Waals surface area contributed by atoms with Gasteiger partial charge in [-0.15, -0.1) is 0 Å². The number of pyridine rings is 1. The van der Waals surface area contributed by atoms with Gasteiger partial charge in [0.1, 0.15) is 18.2 Å². The molecule has 5 N–H and O–H groups in total. The molecule has 0 saturated heterocycles. The standard InChI is InChI=1S/C24H20ClFN4O3/c25-16-1-4-20(15(9-16)11-26)29-17-2-6-22(31)19(10-17)21-5-3-18(23(27)30-21)24(32)28-12-14-7-8-33-13-14/h1-10,13,29,31H,11-12H2,(H2,27,30)(H,28,32). The Kier molecular flexibility index (Phi) is 6.46. The second-order valence-corrected chi connectivity index (χ2v) is 7.67. The number of furan rings is 1. The fourth-order valence-electron chi connectivity index (χ4n) is 3.26. The van der Waals surface area contributed by atoms with Gasteiger partial charge < -0.3 is 25.9 Å². The highest BCUT2D eigenvalue weighted by Crippen LogP contribution is 2.33. The van der Waals surface area contributed by atoms with E-state index in [0.717, 1.165) is 5.56 Å². The molecule has 33 heavy (non-hydrogen) atoms. The van der Waals surface area contributed by atoms with Crippen molar-refractivity contribution in [2.45, 2.75) is 13.2 Å². The van der Waals surface area contributed by atoms with Gasteiger partial charge in [0.25, 0.3) is 5.91 Å². The van der Waals surface area contributed by atoms with E-state index in [-0.39, 0.29) is 29.6 Å². The molecule has 2 aromatic carbocycles. The summed E-state index contributed by atoms with van der Waals surface area (Å²) in [6.07, 6.45) is 3.06. The summed E-state index contributed by atoms with van der Waals surface area (Å²) < 4.78 is 18.3. The number of phenols is 1. The van der Waals surface area contributed by atoms with Gasteiger partial charge in [0.15, 0.2) is 0 Å². The first-order valence-electron chi connectivity index (χ1n) is 9.95. The molecule has 0 atom stereocenters. The molecular weight excluding hydrogens is 447 g/mol. The second-order valence-electron chi connectivity index (χ2n) is 7.24. The Labute approximate surface area is 194 Å². The predicted molar refractivity (Wildman–Crippen MR) is 125 cm³/mol. The summed E-state index contributed by atoms with van der Waals surface area (Å²) in [5.74, 6) is -0.382. The average molecular weight is 467 g/mol. The van der Waals surface area contributed by atoms with Crippen molar-refractivity contribution in [3.05, 3.63) is 88.8 Å². The van der Waals surface area contributed by atoms with E-state index < -0.39 is 6.67 Å². The normalized spacial score (nSPS) is 10.7. The van der Waals surface area contributed by atoms with Gasteiger partial charge in [-0.05, 0) is 54.6 Å². The number of aromatic hydroxyl groups is 1. The molecule has 2 aromatic heterocycles. The second kappa shape index (κ2) is 9.62. The molecule has 1 amide bonds. The Balaban J connectivity index is 1.56. The highest BCUT2D eigenvalue weighted by molar-refractivity contribution is 6.30. The van der Waals surface area contributed by atoms with Crippen LogP contribution in [0.25, 0.3) is 11.3 Å². The number of aromatic nitrogens is 1. The van der Waals surface area contributed by atoms with Crippen molar-refractivity contribution < 1.29 is 18.7 Å². The number of phenolic OH excluding ortho intramolecular Hbond substituents is 1. The highest BCUT2D eigenvalue weighted by atomic mass is 35.5. The third kappa shape index (κ3) is 5.07. The average Bonchev–Trinajstić information content (AvgIpc) is 3.33. The molecule has 2 heterocycles. The number of anilines is 3. The summed E-state index contributed by atoms with van der Waals surface area (Å²) in [7, 11) is 0. The Bertz CT molecular complexity index is 1300. The van der Waals surface area contributed by atoms with E-state index in [1.165, 1.54) is 18.6 Å². The number of nitrogen functional groups attached to an aromatic ring is 1. The first-order valence-corrected chi connectivity index (χ1v) is 10.3. The van der Waals surface area contributed by atoms with Gasteiger partial charge in [-0.2, -0.15) is 0 Å². The number of hydrogen-bond donors (Lipinski definition) is 4. The zero-order valence-electron chi connectivity index (χ0n) is 17.3. The molecule has 0 aliphatic heterocycles. The van der Waals surface area contributed by atoms with Gasteiger partial charge in [-0.1, -0.05) is 11.6 Å². The van der Waals surface area contributed by atoms with E-state index in [1.54, 1.807) is 48.5 Å². The first kappa shape index (κ1) is 22.2. The van der Waals surface area contributed by atoms with Crippen molar-refractivity contribution in [1.29, 1.82) is 0 Å². The number of hydrogen-bond acceptors (Lipinski definition) is 6. The van der Waals surface area contributed by atoms with Gasteiger partial charge in [-0.3, -0.25) is 4.79 Å². The van der Waals surface area contributed by atoms with Gasteiger partial charge in [-0.25, -0.2) is 9.37 Å². The minimum Gasteiger partial charge on any atom is -0.507 e. The van der Waals surface area contributed by atoms with Crippen LogP contribution in [0.2, 0.25) is 5.02 Å². The van der Waals surface area contributed by atoms with Crippen molar-refractivity contribution in [1.82, 2.24) is 10.3 Å². The molecule has 0 radical (unpaired) electrons. The molecule has 0 unspecified atom stereocenters. The van der Waals surface area contributed by atoms with Crippen LogP contribution in [0, 0.1) is 0 Å². The van der Waals surface area contributed by atoms with E-state index in [4.69, 9.17) is 21.8 Å². The summed E-state index contributed by atoms with van der Waals surface area (Å²) in [5.41, 5.74) is 9.39. The topological polar surface area (TPSA) is 113 Å². The van der Waals surface area contributed by atoms with Crippen LogP contribution in [0.15, 0.2) is 71.5 Å². The summed E-state index contributed by atoms with van der Waals surface area (Å²) >= 11 is 5.94. The minimum atomic E-state index is -0.684. The summed E-state index contributed by atoms with van der Waals surface area (Å²) in [5, 5.41) is 16.7. The molecule has 7 nitrogen and oxygen atoms in total. The summed E-state index contributed by atoms with van der Waals surface area (Å²) in [4.78, 5) is 16.8. The first-order chi connectivity index (χ1) is 15.9. The molecule has 0 spiro atoms.